The van der Waals surface area contributed by atoms with Crippen LogP contribution >= 0.6 is 0 Å². The molecule has 0 N–H and O–H groups in total. The second-order valence-corrected chi connectivity index (χ2v) is 21.9. The Hall–Kier alpha value is 0. The van der Waals surface area contributed by atoms with Crippen molar-refractivity contribution in [1.82, 2.24) is 0 Å². The third-order valence-electron chi connectivity index (χ3n) is 20.0. The molecular weight excluding hydrogens is 601 g/mol. The van der Waals surface area contributed by atoms with Crippen molar-refractivity contribution in [3.63, 3.8) is 0 Å². The lowest BCUT2D eigenvalue weighted by atomic mass is 9.42. The van der Waals surface area contributed by atoms with Gasteiger partial charge < -0.3 is 0 Å². The van der Waals surface area contributed by atoms with Crippen molar-refractivity contribution in [3.05, 3.63) is 0 Å². The molecule has 50 heavy (non-hydrogen) atoms. The lowest BCUT2D eigenvalue weighted by Crippen LogP contribution is -2.55. The van der Waals surface area contributed by atoms with E-state index in [9.17, 15) is 0 Å². The molecule has 0 heterocycles. The summed E-state index contributed by atoms with van der Waals surface area (Å²) < 4.78 is 0. The smallest absolute Gasteiger partial charge is 0.0323 e. The molecule has 8 atom stereocenters. The molecule has 8 unspecified atom stereocenters. The van der Waals surface area contributed by atoms with Crippen molar-refractivity contribution in [3.8, 4) is 0 Å². The molecule has 9 saturated carbocycles. The van der Waals surface area contributed by atoms with Gasteiger partial charge in [-0.1, -0.05) is 128 Å². The average molecular weight is 685 g/mol. The largest absolute Gasteiger partial charge is 0.0533 e. The van der Waals surface area contributed by atoms with Gasteiger partial charge in [0.15, 0.2) is 0 Å². The highest BCUT2D eigenvalue weighted by Gasteiger charge is 2.57. The van der Waals surface area contributed by atoms with Gasteiger partial charge in [0.05, 0.1) is 0 Å². The van der Waals surface area contributed by atoms with Gasteiger partial charge in [-0.25, -0.2) is 0 Å². The third-order valence-corrected chi connectivity index (χ3v) is 20.0. The lowest BCUT2D eigenvalue weighted by molar-refractivity contribution is -0.137. The average Bonchev–Trinajstić information content (AvgIpc) is 3.21. The summed E-state index contributed by atoms with van der Waals surface area (Å²) in [6.07, 6.45) is 54.5. The topological polar surface area (TPSA) is 0 Å². The van der Waals surface area contributed by atoms with Crippen LogP contribution in [0.3, 0.4) is 0 Å². The van der Waals surface area contributed by atoms with E-state index in [2.05, 4.69) is 0 Å². The highest BCUT2D eigenvalue weighted by atomic mass is 14.6. The molecule has 9 fully saturated rings. The zero-order chi connectivity index (χ0) is 33.3. The maximum absolute atomic E-state index is 1.70. The second kappa shape index (κ2) is 16.8. The van der Waals surface area contributed by atoms with Gasteiger partial charge in [-0.05, 0) is 185 Å². The first-order valence-electron chi connectivity index (χ1n) is 24.8. The summed E-state index contributed by atoms with van der Waals surface area (Å²) in [7, 11) is 0. The summed E-state index contributed by atoms with van der Waals surface area (Å²) in [4.78, 5) is 0. The van der Waals surface area contributed by atoms with Gasteiger partial charge in [-0.15, -0.1) is 0 Å². The first kappa shape index (κ1) is 35.7. The maximum Gasteiger partial charge on any atom is -0.0323 e. The molecular formula is C50H84. The van der Waals surface area contributed by atoms with E-state index >= 15 is 0 Å². The number of hydrogen-bond acceptors (Lipinski definition) is 0. The molecule has 0 radical (unpaired) electrons. The van der Waals surface area contributed by atoms with Crippen LogP contribution in [0.2, 0.25) is 0 Å². The minimum Gasteiger partial charge on any atom is -0.0533 e. The predicted molar refractivity (Wildman–Crippen MR) is 213 cm³/mol. The number of rotatable bonds is 6. The fourth-order valence-electron chi connectivity index (χ4n) is 17.7. The van der Waals surface area contributed by atoms with Gasteiger partial charge in [0, 0.05) is 0 Å². The fraction of sp³-hybridized carbons (Fsp3) is 1.00. The minimum absolute atomic E-state index is 1.11. The van der Waals surface area contributed by atoms with Crippen LogP contribution in [0, 0.1) is 94.7 Å². The molecule has 0 spiro atoms. The van der Waals surface area contributed by atoms with Crippen molar-refractivity contribution in [2.45, 2.75) is 218 Å². The Kier molecular flexibility index (Phi) is 12.0. The molecule has 9 aliphatic carbocycles. The fourth-order valence-corrected chi connectivity index (χ4v) is 17.7. The van der Waals surface area contributed by atoms with E-state index in [1.165, 1.54) is 12.8 Å². The number of hydrogen-bond donors (Lipinski definition) is 0. The van der Waals surface area contributed by atoms with Crippen LogP contribution in [0.15, 0.2) is 0 Å². The summed E-state index contributed by atoms with van der Waals surface area (Å²) in [5.74, 6) is 17.8. The van der Waals surface area contributed by atoms with Gasteiger partial charge in [0.25, 0.3) is 0 Å². The van der Waals surface area contributed by atoms with Gasteiger partial charge in [0.2, 0.25) is 0 Å². The molecule has 0 saturated heterocycles. The third kappa shape index (κ3) is 7.62. The van der Waals surface area contributed by atoms with Gasteiger partial charge >= 0.3 is 0 Å². The monoisotopic (exact) mass is 685 g/mol. The van der Waals surface area contributed by atoms with E-state index in [0.717, 1.165) is 94.7 Å². The van der Waals surface area contributed by atoms with E-state index < -0.39 is 0 Å². The van der Waals surface area contributed by atoms with Crippen LogP contribution in [-0.4, -0.2) is 0 Å². The molecule has 284 valence electrons. The lowest BCUT2D eigenvalue weighted by Gasteiger charge is -2.62. The second-order valence-electron chi connectivity index (χ2n) is 21.9. The zero-order valence-electron chi connectivity index (χ0n) is 33.3. The molecule has 0 aromatic carbocycles. The van der Waals surface area contributed by atoms with Crippen molar-refractivity contribution in [2.75, 3.05) is 0 Å². The summed E-state index contributed by atoms with van der Waals surface area (Å²) in [5, 5.41) is 0. The Labute approximate surface area is 312 Å². The Morgan fingerprint density at radius 1 is 0.160 bits per heavy atom. The summed E-state index contributed by atoms with van der Waals surface area (Å²) >= 11 is 0. The Balaban J connectivity index is 0.985. The summed E-state index contributed by atoms with van der Waals surface area (Å²) in [5.41, 5.74) is 0. The van der Waals surface area contributed by atoms with Crippen LogP contribution in [0.25, 0.3) is 0 Å². The first-order chi connectivity index (χ1) is 24.8. The molecule has 0 aromatic heterocycles. The Morgan fingerprint density at radius 3 is 0.720 bits per heavy atom. The van der Waals surface area contributed by atoms with Crippen LogP contribution < -0.4 is 0 Å². The van der Waals surface area contributed by atoms with E-state index in [0.29, 0.717) is 0 Å². The van der Waals surface area contributed by atoms with Gasteiger partial charge in [-0.2, -0.15) is 0 Å². The van der Waals surface area contributed by atoms with Crippen LogP contribution in [0.4, 0.5) is 0 Å². The van der Waals surface area contributed by atoms with Crippen LogP contribution in [-0.2, 0) is 0 Å². The highest BCUT2D eigenvalue weighted by molar-refractivity contribution is 5.06. The summed E-state index contributed by atoms with van der Waals surface area (Å²) in [6, 6.07) is 0. The molecule has 9 rings (SSSR count). The van der Waals surface area contributed by atoms with Crippen molar-refractivity contribution in [1.29, 1.82) is 0 Å². The Morgan fingerprint density at radius 2 is 0.400 bits per heavy atom. The molecule has 9 aliphatic rings. The normalized spacial score (nSPS) is 46.6. The number of fused-ring (bicyclic) bond motifs is 2. The van der Waals surface area contributed by atoms with Gasteiger partial charge in [-0.3, -0.25) is 0 Å². The highest BCUT2D eigenvalue weighted by Crippen LogP contribution is 2.65. The molecule has 0 nitrogen and oxygen atoms in total. The first-order valence-corrected chi connectivity index (χ1v) is 24.8. The predicted octanol–water partition coefficient (Wildman–Crippen LogP) is 15.2. The molecule has 0 amide bonds. The van der Waals surface area contributed by atoms with Crippen LogP contribution in [0.1, 0.15) is 218 Å². The Bertz CT molecular complexity index is 921. The maximum atomic E-state index is 1.70. The van der Waals surface area contributed by atoms with Crippen molar-refractivity contribution in [2.24, 2.45) is 94.7 Å². The van der Waals surface area contributed by atoms with E-state index in [1.54, 1.807) is 205 Å². The standard InChI is InChI=1S/C50H84/c1-5-13-35(14-6-1)39-21-25-41(26-22-39)49-45-31-29-44(38-19-11-4-12-20-38)34-48(45)50(42-27-23-40(24-28-42)36-15-7-2-8-16-36)46-32-30-43(33-47(46)49)37-17-9-3-10-18-37/h35-50H,1-34H2. The minimum atomic E-state index is 1.11. The molecule has 0 bridgehead atoms. The quantitative estimate of drug-likeness (QED) is 0.261. The zero-order valence-corrected chi connectivity index (χ0v) is 33.3. The van der Waals surface area contributed by atoms with E-state index in [1.807, 2.05) is 0 Å². The van der Waals surface area contributed by atoms with Crippen molar-refractivity contribution >= 4 is 0 Å². The molecule has 0 aromatic rings. The summed E-state index contributed by atoms with van der Waals surface area (Å²) in [6.45, 7) is 0. The SMILES string of the molecule is C1CCC(C2CCC(C3C4CCC(C5CCCCC5)CC4C(C4CCC(C5CCCCC5)CC4)C4CCC(C5CCCCC5)CC43)CC2)CC1. The molecule has 0 heteroatoms. The van der Waals surface area contributed by atoms with Crippen molar-refractivity contribution < 1.29 is 0 Å². The molecule has 0 aliphatic heterocycles. The van der Waals surface area contributed by atoms with E-state index in [4.69, 9.17) is 0 Å². The van der Waals surface area contributed by atoms with Crippen LogP contribution in [0.5, 0.6) is 0 Å². The van der Waals surface area contributed by atoms with E-state index in [-0.39, 0.29) is 0 Å². The van der Waals surface area contributed by atoms with Gasteiger partial charge in [0.1, 0.15) is 0 Å².